The predicted octanol–water partition coefficient (Wildman–Crippen LogP) is 4.89. The van der Waals surface area contributed by atoms with Gasteiger partial charge in [0.1, 0.15) is 0 Å². The summed E-state index contributed by atoms with van der Waals surface area (Å²) in [6, 6.07) is 6.11. The number of hydrogen-bond donors (Lipinski definition) is 0. The van der Waals surface area contributed by atoms with Crippen LogP contribution in [-0.2, 0) is 4.74 Å². The summed E-state index contributed by atoms with van der Waals surface area (Å²) in [5.74, 6) is 2.07. The minimum absolute atomic E-state index is 0.309. The highest BCUT2D eigenvalue weighted by molar-refractivity contribution is 8.14. The number of carbonyl (C=O) groups is 1. The molecule has 1 aliphatic heterocycles. The molecule has 1 aromatic carbocycles. The summed E-state index contributed by atoms with van der Waals surface area (Å²) in [4.78, 5) is 19.1. The van der Waals surface area contributed by atoms with Gasteiger partial charge in [-0.25, -0.2) is 9.79 Å². The Morgan fingerprint density at radius 2 is 2.04 bits per heavy atom. The van der Waals surface area contributed by atoms with Gasteiger partial charge >= 0.3 is 5.97 Å². The Bertz CT molecular complexity index is 641. The van der Waals surface area contributed by atoms with E-state index in [0.717, 1.165) is 28.7 Å². The summed E-state index contributed by atoms with van der Waals surface area (Å²) in [6.45, 7) is 12.1. The molecule has 5 heteroatoms. The minimum atomic E-state index is -0.309. The van der Waals surface area contributed by atoms with Crippen LogP contribution in [0.25, 0.3) is 0 Å². The Kier molecular flexibility index (Phi) is 6.94. The largest absolute Gasteiger partial charge is 0.465 e. The van der Waals surface area contributed by atoms with Crippen LogP contribution in [0.4, 0.5) is 5.69 Å². The lowest BCUT2D eigenvalue weighted by atomic mass is 10.0. The first kappa shape index (κ1) is 19.8. The fraction of sp³-hybridized carbons (Fsp3) is 0.600. The van der Waals surface area contributed by atoms with Crippen molar-refractivity contribution >= 4 is 28.6 Å². The summed E-state index contributed by atoms with van der Waals surface area (Å²) >= 11 is 1.85. The Labute approximate surface area is 156 Å². The molecule has 0 radical (unpaired) electrons. The van der Waals surface area contributed by atoms with Crippen molar-refractivity contribution in [1.29, 1.82) is 0 Å². The Morgan fingerprint density at radius 1 is 1.32 bits per heavy atom. The fourth-order valence-corrected chi connectivity index (χ4v) is 4.29. The van der Waals surface area contributed by atoms with Gasteiger partial charge in [0.25, 0.3) is 0 Å². The first-order chi connectivity index (χ1) is 11.8. The molecule has 0 bridgehead atoms. The third kappa shape index (κ3) is 5.24. The number of hydrogen-bond acceptors (Lipinski definition) is 4. The molecular formula is C20H30N2O2S. The van der Waals surface area contributed by atoms with Gasteiger partial charge in [0.05, 0.1) is 18.4 Å². The Balaban J connectivity index is 2.27. The lowest BCUT2D eigenvalue weighted by Crippen LogP contribution is -2.37. The molecule has 0 amide bonds. The van der Waals surface area contributed by atoms with Crippen molar-refractivity contribution in [3.05, 3.63) is 29.3 Å². The number of amidine groups is 1. The summed E-state index contributed by atoms with van der Waals surface area (Å²) in [5.41, 5.74) is 2.49. The summed E-state index contributed by atoms with van der Waals surface area (Å²) < 4.78 is 4.79. The number of ether oxygens (including phenoxy) is 1. The van der Waals surface area contributed by atoms with E-state index in [0.29, 0.717) is 23.4 Å². The summed E-state index contributed by atoms with van der Waals surface area (Å²) in [6.07, 6.45) is 1.19. The molecule has 1 aromatic rings. The maximum absolute atomic E-state index is 11.7. The number of rotatable bonds is 6. The Morgan fingerprint density at radius 3 is 2.60 bits per heavy atom. The van der Waals surface area contributed by atoms with Crippen LogP contribution in [0.15, 0.2) is 23.2 Å². The third-order valence-electron chi connectivity index (χ3n) is 4.23. The molecule has 1 atom stereocenters. The van der Waals surface area contributed by atoms with Crippen molar-refractivity contribution in [1.82, 2.24) is 4.90 Å². The standard InChI is InChI=1S/C20H30N2O2S/c1-13(2)9-17-12-25-20(22(17)11-14(3)4)21-18-8-7-16(10-15(18)5)19(23)24-6/h7-8,10,13-14,17H,9,11-12H2,1-6H3. The van der Waals surface area contributed by atoms with Crippen molar-refractivity contribution in [2.24, 2.45) is 16.8 Å². The SMILES string of the molecule is COC(=O)c1ccc(N=C2SCC(CC(C)C)N2CC(C)C)c(C)c1. The maximum Gasteiger partial charge on any atom is 0.337 e. The number of methoxy groups -OCH3 is 1. The van der Waals surface area contributed by atoms with Gasteiger partial charge in [0, 0.05) is 18.3 Å². The first-order valence-electron chi connectivity index (χ1n) is 8.98. The molecule has 25 heavy (non-hydrogen) atoms. The monoisotopic (exact) mass is 362 g/mol. The molecule has 1 unspecified atom stereocenters. The van der Waals surface area contributed by atoms with Gasteiger partial charge in [-0.2, -0.15) is 0 Å². The van der Waals surface area contributed by atoms with Gasteiger partial charge in [0.15, 0.2) is 5.17 Å². The van der Waals surface area contributed by atoms with Crippen molar-refractivity contribution in [3.63, 3.8) is 0 Å². The highest BCUT2D eigenvalue weighted by Gasteiger charge is 2.31. The second kappa shape index (κ2) is 8.75. The molecule has 1 saturated heterocycles. The van der Waals surface area contributed by atoms with E-state index < -0.39 is 0 Å². The number of carbonyl (C=O) groups excluding carboxylic acids is 1. The molecule has 0 saturated carbocycles. The van der Waals surface area contributed by atoms with Crippen LogP contribution < -0.4 is 0 Å². The third-order valence-corrected chi connectivity index (χ3v) is 5.37. The molecule has 2 rings (SSSR count). The van der Waals surface area contributed by atoms with Crippen molar-refractivity contribution < 1.29 is 9.53 Å². The van der Waals surface area contributed by atoms with Crippen LogP contribution in [0.5, 0.6) is 0 Å². The van der Waals surface area contributed by atoms with Gasteiger partial charge in [0.2, 0.25) is 0 Å². The van der Waals surface area contributed by atoms with Crippen LogP contribution >= 0.6 is 11.8 Å². The van der Waals surface area contributed by atoms with Gasteiger partial charge in [-0.05, 0) is 48.9 Å². The van der Waals surface area contributed by atoms with E-state index in [1.54, 1.807) is 6.07 Å². The molecule has 4 nitrogen and oxygen atoms in total. The topological polar surface area (TPSA) is 41.9 Å². The van der Waals surface area contributed by atoms with Crippen molar-refractivity contribution in [3.8, 4) is 0 Å². The molecule has 0 aliphatic carbocycles. The van der Waals surface area contributed by atoms with Crippen LogP contribution in [0.3, 0.4) is 0 Å². The molecule has 1 heterocycles. The average Bonchev–Trinajstić information content (AvgIpc) is 2.89. The van der Waals surface area contributed by atoms with Crippen LogP contribution in [0.1, 0.15) is 50.0 Å². The molecular weight excluding hydrogens is 332 g/mol. The van der Waals surface area contributed by atoms with Crippen LogP contribution in [-0.4, -0.2) is 41.5 Å². The van der Waals surface area contributed by atoms with E-state index in [-0.39, 0.29) is 5.97 Å². The molecule has 0 aromatic heterocycles. The van der Waals surface area contributed by atoms with Crippen molar-refractivity contribution in [2.45, 2.75) is 47.1 Å². The number of aliphatic imine (C=N–C) groups is 1. The highest BCUT2D eigenvalue weighted by atomic mass is 32.2. The second-order valence-electron chi connectivity index (χ2n) is 7.53. The van der Waals surface area contributed by atoms with E-state index in [2.05, 4.69) is 32.6 Å². The van der Waals surface area contributed by atoms with Gasteiger partial charge in [-0.3, -0.25) is 0 Å². The maximum atomic E-state index is 11.7. The second-order valence-corrected chi connectivity index (χ2v) is 8.51. The zero-order chi connectivity index (χ0) is 18.6. The molecule has 138 valence electrons. The number of benzene rings is 1. The van der Waals surface area contributed by atoms with Crippen LogP contribution in [0, 0.1) is 18.8 Å². The number of esters is 1. The van der Waals surface area contributed by atoms with E-state index in [1.807, 2.05) is 30.8 Å². The number of aryl methyl sites for hydroxylation is 1. The highest BCUT2D eigenvalue weighted by Crippen LogP contribution is 2.32. The first-order valence-corrected chi connectivity index (χ1v) is 9.97. The Hall–Kier alpha value is -1.49. The predicted molar refractivity (Wildman–Crippen MR) is 107 cm³/mol. The molecule has 0 spiro atoms. The smallest absolute Gasteiger partial charge is 0.337 e. The lowest BCUT2D eigenvalue weighted by Gasteiger charge is -2.29. The summed E-state index contributed by atoms with van der Waals surface area (Å²) in [5, 5.41) is 1.10. The van der Waals surface area contributed by atoms with E-state index >= 15 is 0 Å². The van der Waals surface area contributed by atoms with E-state index in [1.165, 1.54) is 13.5 Å². The minimum Gasteiger partial charge on any atom is -0.465 e. The fourth-order valence-electron chi connectivity index (χ4n) is 3.09. The number of nitrogens with zero attached hydrogens (tertiary/aromatic N) is 2. The van der Waals surface area contributed by atoms with Gasteiger partial charge < -0.3 is 9.64 Å². The zero-order valence-corrected chi connectivity index (χ0v) is 17.0. The van der Waals surface area contributed by atoms with Gasteiger partial charge in [-0.1, -0.05) is 39.5 Å². The average molecular weight is 363 g/mol. The molecule has 1 fully saturated rings. The number of thioether (sulfide) groups is 1. The van der Waals surface area contributed by atoms with E-state index in [4.69, 9.17) is 9.73 Å². The van der Waals surface area contributed by atoms with Crippen LogP contribution in [0.2, 0.25) is 0 Å². The lowest BCUT2D eigenvalue weighted by molar-refractivity contribution is 0.0600. The summed E-state index contributed by atoms with van der Waals surface area (Å²) in [7, 11) is 1.40. The molecule has 0 N–H and O–H groups in total. The zero-order valence-electron chi connectivity index (χ0n) is 16.2. The molecule has 1 aliphatic rings. The normalized spacial score (nSPS) is 19.3. The quantitative estimate of drug-likeness (QED) is 0.676. The van der Waals surface area contributed by atoms with Gasteiger partial charge in [-0.15, -0.1) is 0 Å². The van der Waals surface area contributed by atoms with Crippen molar-refractivity contribution in [2.75, 3.05) is 19.4 Å². The van der Waals surface area contributed by atoms with E-state index in [9.17, 15) is 4.79 Å².